The smallest absolute Gasteiger partial charge is 0.234 e. The van der Waals surface area contributed by atoms with Crippen molar-refractivity contribution in [2.24, 2.45) is 0 Å². The molecule has 0 bridgehead atoms. The van der Waals surface area contributed by atoms with Crippen LogP contribution in [0.25, 0.3) is 15.5 Å². The first kappa shape index (κ1) is 16.1. The Balaban J connectivity index is 1.51. The summed E-state index contributed by atoms with van der Waals surface area (Å²) in [6.07, 6.45) is 0.805. The number of aryl methyl sites for hydroxylation is 1. The van der Waals surface area contributed by atoms with Gasteiger partial charge in [-0.3, -0.25) is 0 Å². The van der Waals surface area contributed by atoms with Gasteiger partial charge in [0.25, 0.3) is 0 Å². The van der Waals surface area contributed by atoms with Gasteiger partial charge < -0.3 is 4.74 Å². The molecule has 25 heavy (non-hydrogen) atoms. The molecule has 7 heteroatoms. The Bertz CT molecular complexity index is 1010. The quantitative estimate of drug-likeness (QED) is 0.513. The number of rotatable bonds is 5. The Hall–Kier alpha value is -2.44. The van der Waals surface area contributed by atoms with Crippen molar-refractivity contribution in [2.75, 3.05) is 0 Å². The van der Waals surface area contributed by atoms with Gasteiger partial charge in [0.05, 0.1) is 0 Å². The third-order valence-corrected chi connectivity index (χ3v) is 5.14. The van der Waals surface area contributed by atoms with Crippen molar-refractivity contribution in [1.29, 1.82) is 0 Å². The number of benzene rings is 2. The molecule has 2 heterocycles. The second-order valence-corrected chi connectivity index (χ2v) is 6.84. The Morgan fingerprint density at radius 1 is 1.08 bits per heavy atom. The van der Waals surface area contributed by atoms with Crippen LogP contribution in [0.2, 0.25) is 5.02 Å². The van der Waals surface area contributed by atoms with Gasteiger partial charge in [0, 0.05) is 22.6 Å². The van der Waals surface area contributed by atoms with Crippen molar-refractivity contribution in [2.45, 2.75) is 20.0 Å². The fraction of sp³-hybridized carbons (Fsp3) is 0.167. The van der Waals surface area contributed by atoms with Crippen LogP contribution in [0.1, 0.15) is 18.3 Å². The molecule has 0 saturated heterocycles. The molecule has 126 valence electrons. The standard InChI is InChI=1S/C18H15ClN4OS/c1-2-16-20-21-18-23(16)22-17(25-18)12-7-9-14(10-8-12)24-11-13-5-3-4-6-15(13)19/h3-10H,2,11H2,1H3. The molecule has 0 unspecified atom stereocenters. The van der Waals surface area contributed by atoms with Crippen molar-refractivity contribution < 1.29 is 4.74 Å². The van der Waals surface area contributed by atoms with Gasteiger partial charge in [-0.2, -0.15) is 9.61 Å². The van der Waals surface area contributed by atoms with E-state index in [2.05, 4.69) is 15.3 Å². The summed E-state index contributed by atoms with van der Waals surface area (Å²) in [5.41, 5.74) is 2.00. The highest BCUT2D eigenvalue weighted by molar-refractivity contribution is 7.19. The summed E-state index contributed by atoms with van der Waals surface area (Å²) < 4.78 is 7.62. The van der Waals surface area contributed by atoms with E-state index >= 15 is 0 Å². The number of fused-ring (bicyclic) bond motifs is 1. The topological polar surface area (TPSA) is 52.3 Å². The fourth-order valence-electron chi connectivity index (χ4n) is 2.46. The van der Waals surface area contributed by atoms with Gasteiger partial charge in [0.15, 0.2) is 5.82 Å². The van der Waals surface area contributed by atoms with E-state index in [0.29, 0.717) is 11.6 Å². The molecule has 4 aromatic rings. The van der Waals surface area contributed by atoms with Gasteiger partial charge in [0.1, 0.15) is 17.4 Å². The molecule has 4 rings (SSSR count). The molecule has 2 aromatic carbocycles. The summed E-state index contributed by atoms with van der Waals surface area (Å²) in [5.74, 6) is 1.66. The summed E-state index contributed by atoms with van der Waals surface area (Å²) in [7, 11) is 0. The number of halogens is 1. The molecule has 0 aliphatic rings. The predicted molar refractivity (Wildman–Crippen MR) is 99.3 cm³/mol. The van der Waals surface area contributed by atoms with E-state index in [1.54, 1.807) is 0 Å². The summed E-state index contributed by atoms with van der Waals surface area (Å²) in [6, 6.07) is 15.6. The average Bonchev–Trinajstić information content (AvgIpc) is 3.22. The summed E-state index contributed by atoms with van der Waals surface area (Å²) in [5, 5.41) is 14.5. The monoisotopic (exact) mass is 370 g/mol. The van der Waals surface area contributed by atoms with Crippen LogP contribution in [0.3, 0.4) is 0 Å². The van der Waals surface area contributed by atoms with Gasteiger partial charge in [-0.1, -0.05) is 48.1 Å². The molecular weight excluding hydrogens is 356 g/mol. The van der Waals surface area contributed by atoms with Gasteiger partial charge >= 0.3 is 0 Å². The lowest BCUT2D eigenvalue weighted by atomic mass is 10.2. The van der Waals surface area contributed by atoms with E-state index in [9.17, 15) is 0 Å². The van der Waals surface area contributed by atoms with E-state index in [1.165, 1.54) is 11.3 Å². The van der Waals surface area contributed by atoms with Crippen LogP contribution in [0.4, 0.5) is 0 Å². The van der Waals surface area contributed by atoms with Crippen molar-refractivity contribution in [3.8, 4) is 16.3 Å². The maximum absolute atomic E-state index is 6.15. The normalized spacial score (nSPS) is 11.1. The Morgan fingerprint density at radius 3 is 2.64 bits per heavy atom. The molecule has 0 saturated carbocycles. The molecule has 0 aliphatic heterocycles. The number of ether oxygens (including phenoxy) is 1. The van der Waals surface area contributed by atoms with Gasteiger partial charge in [-0.15, -0.1) is 10.2 Å². The van der Waals surface area contributed by atoms with Crippen molar-refractivity contribution >= 4 is 27.9 Å². The third kappa shape index (κ3) is 3.23. The minimum absolute atomic E-state index is 0.440. The molecule has 0 radical (unpaired) electrons. The largest absolute Gasteiger partial charge is 0.489 e. The van der Waals surface area contributed by atoms with Crippen LogP contribution < -0.4 is 4.74 Å². The predicted octanol–water partition coefficient (Wildman–Crippen LogP) is 4.65. The zero-order valence-corrected chi connectivity index (χ0v) is 15.1. The highest BCUT2D eigenvalue weighted by Crippen LogP contribution is 2.27. The second-order valence-electron chi connectivity index (χ2n) is 5.48. The number of aromatic nitrogens is 4. The molecule has 0 aliphatic carbocycles. The third-order valence-electron chi connectivity index (χ3n) is 3.83. The molecule has 0 amide bonds. The number of hydrogen-bond acceptors (Lipinski definition) is 5. The van der Waals surface area contributed by atoms with Gasteiger partial charge in [0.2, 0.25) is 4.96 Å². The molecule has 0 fully saturated rings. The van der Waals surface area contributed by atoms with Crippen LogP contribution in [0.15, 0.2) is 48.5 Å². The number of nitrogens with zero attached hydrogens (tertiary/aromatic N) is 4. The zero-order valence-electron chi connectivity index (χ0n) is 13.5. The SMILES string of the molecule is CCc1nnc2sc(-c3ccc(OCc4ccccc4Cl)cc3)nn12. The second kappa shape index (κ2) is 6.82. The van der Waals surface area contributed by atoms with Crippen LogP contribution >= 0.6 is 22.9 Å². The molecule has 0 spiro atoms. The van der Waals surface area contributed by atoms with E-state index in [0.717, 1.165) is 39.1 Å². The molecular formula is C18H15ClN4OS. The van der Waals surface area contributed by atoms with Gasteiger partial charge in [-0.25, -0.2) is 0 Å². The van der Waals surface area contributed by atoms with Crippen LogP contribution in [0, 0.1) is 0 Å². The van der Waals surface area contributed by atoms with E-state index in [-0.39, 0.29) is 0 Å². The van der Waals surface area contributed by atoms with Crippen molar-refractivity contribution in [3.63, 3.8) is 0 Å². The van der Waals surface area contributed by atoms with E-state index < -0.39 is 0 Å². The van der Waals surface area contributed by atoms with E-state index in [1.807, 2.05) is 60.0 Å². The average molecular weight is 371 g/mol. The fourth-order valence-corrected chi connectivity index (χ4v) is 3.52. The Labute approximate surface area is 153 Å². The number of hydrogen-bond donors (Lipinski definition) is 0. The lowest BCUT2D eigenvalue weighted by Gasteiger charge is -2.08. The lowest BCUT2D eigenvalue weighted by Crippen LogP contribution is -1.96. The lowest BCUT2D eigenvalue weighted by molar-refractivity contribution is 0.306. The summed E-state index contributed by atoms with van der Waals surface area (Å²) in [4.78, 5) is 0.811. The van der Waals surface area contributed by atoms with Gasteiger partial charge in [-0.05, 0) is 30.3 Å². The van der Waals surface area contributed by atoms with Crippen LogP contribution in [-0.2, 0) is 13.0 Å². The first-order chi connectivity index (χ1) is 12.2. The Morgan fingerprint density at radius 2 is 1.88 bits per heavy atom. The first-order valence-electron chi connectivity index (χ1n) is 7.92. The van der Waals surface area contributed by atoms with E-state index in [4.69, 9.17) is 16.3 Å². The molecule has 2 aromatic heterocycles. The van der Waals surface area contributed by atoms with Crippen LogP contribution in [-0.4, -0.2) is 19.8 Å². The van der Waals surface area contributed by atoms with Crippen molar-refractivity contribution in [1.82, 2.24) is 19.8 Å². The van der Waals surface area contributed by atoms with Crippen LogP contribution in [0.5, 0.6) is 5.75 Å². The molecule has 0 N–H and O–H groups in total. The highest BCUT2D eigenvalue weighted by atomic mass is 35.5. The minimum atomic E-state index is 0.440. The minimum Gasteiger partial charge on any atom is -0.489 e. The first-order valence-corrected chi connectivity index (χ1v) is 9.12. The maximum Gasteiger partial charge on any atom is 0.234 e. The van der Waals surface area contributed by atoms with Crippen molar-refractivity contribution in [3.05, 3.63) is 64.9 Å². The summed E-state index contributed by atoms with van der Waals surface area (Å²) in [6.45, 7) is 2.48. The summed E-state index contributed by atoms with van der Waals surface area (Å²) >= 11 is 7.67. The zero-order chi connectivity index (χ0) is 17.2. The highest BCUT2D eigenvalue weighted by Gasteiger charge is 2.11. The maximum atomic E-state index is 6.15. The molecule has 5 nitrogen and oxygen atoms in total. The molecule has 0 atom stereocenters. The Kier molecular flexibility index (Phi) is 4.38.